The van der Waals surface area contributed by atoms with Crippen LogP contribution in [0.2, 0.25) is 0 Å². The number of hydrogen-bond acceptors (Lipinski definition) is 2. The third kappa shape index (κ3) is 2.02. The second kappa shape index (κ2) is 3.47. The summed E-state index contributed by atoms with van der Waals surface area (Å²) in [6.45, 7) is 0. The first-order chi connectivity index (χ1) is 3.80. The van der Waals surface area contributed by atoms with E-state index in [-0.39, 0.29) is 31.0 Å². The van der Waals surface area contributed by atoms with Gasteiger partial charge in [0.15, 0.2) is 11.5 Å². The van der Waals surface area contributed by atoms with Crippen LogP contribution in [0.15, 0.2) is 24.3 Å². The average Bonchev–Trinajstić information content (AvgIpc) is 1.77. The molecule has 0 amide bonds. The van der Waals surface area contributed by atoms with Crippen molar-refractivity contribution in [2.24, 2.45) is 0 Å². The Labute approximate surface area is 65.9 Å². The smallest absolute Gasteiger partial charge is 0.157 e. The molecule has 0 aliphatic heterocycles. The van der Waals surface area contributed by atoms with Gasteiger partial charge in [-0.25, -0.2) is 0 Å². The van der Waals surface area contributed by atoms with Gasteiger partial charge in [0.05, 0.1) is 0 Å². The number of benzene rings is 1. The third-order valence-corrected chi connectivity index (χ3v) is 0.882. The van der Waals surface area contributed by atoms with Crippen molar-refractivity contribution in [2.75, 3.05) is 0 Å². The maximum atomic E-state index is 8.67. The Morgan fingerprint density at radius 2 is 1.22 bits per heavy atom. The number of rotatable bonds is 0. The minimum atomic E-state index is -0.0764. The van der Waals surface area contributed by atoms with Gasteiger partial charge in [0, 0.05) is 19.5 Å². The molecule has 3 heteroatoms. The van der Waals surface area contributed by atoms with E-state index in [4.69, 9.17) is 10.2 Å². The summed E-state index contributed by atoms with van der Waals surface area (Å²) in [5, 5.41) is 17.3. The second-order valence-corrected chi connectivity index (χ2v) is 1.49. The minimum Gasteiger partial charge on any atom is -0.504 e. The molecule has 0 saturated carbocycles. The number of hydrogen-bond donors (Lipinski definition) is 2. The van der Waals surface area contributed by atoms with E-state index < -0.39 is 0 Å². The van der Waals surface area contributed by atoms with E-state index in [0.29, 0.717) is 0 Å². The summed E-state index contributed by atoms with van der Waals surface area (Å²) < 4.78 is 0. The molecule has 0 aliphatic rings. The molecule has 0 unspecified atom stereocenters. The van der Waals surface area contributed by atoms with Gasteiger partial charge in [-0.2, -0.15) is 0 Å². The van der Waals surface area contributed by atoms with Gasteiger partial charge in [-0.15, -0.1) is 0 Å². The van der Waals surface area contributed by atoms with Gasteiger partial charge in [-0.05, 0) is 12.1 Å². The van der Waals surface area contributed by atoms with Crippen molar-refractivity contribution < 1.29 is 29.7 Å². The molecule has 0 aromatic heterocycles. The Balaban J connectivity index is 0.000000640. The Kier molecular flexibility index (Phi) is 3.25. The van der Waals surface area contributed by atoms with E-state index in [1.807, 2.05) is 0 Å². The molecule has 0 bridgehead atoms. The van der Waals surface area contributed by atoms with Crippen LogP contribution in [0.4, 0.5) is 0 Å². The van der Waals surface area contributed by atoms with Crippen LogP contribution >= 0.6 is 0 Å². The average molecular weight is 211 g/mol. The van der Waals surface area contributed by atoms with Gasteiger partial charge in [-0.1, -0.05) is 12.1 Å². The zero-order valence-corrected chi connectivity index (χ0v) is 6.30. The Hall–Kier alpha value is -0.557. The van der Waals surface area contributed by atoms with Crippen molar-refractivity contribution in [3.8, 4) is 11.5 Å². The molecular formula is C6H6O2Ru. The maximum Gasteiger partial charge on any atom is 0.157 e. The molecule has 0 saturated heterocycles. The quantitative estimate of drug-likeness (QED) is 0.498. The normalized spacial score (nSPS) is 8.00. The molecule has 0 atom stereocenters. The zero-order chi connectivity index (χ0) is 5.98. The number of phenols is 2. The van der Waals surface area contributed by atoms with E-state index in [9.17, 15) is 0 Å². The van der Waals surface area contributed by atoms with Gasteiger partial charge in [0.1, 0.15) is 0 Å². The molecular weight excluding hydrogens is 205 g/mol. The molecule has 0 aliphatic carbocycles. The fourth-order valence-corrected chi connectivity index (χ4v) is 0.464. The predicted molar refractivity (Wildman–Crippen MR) is 29.8 cm³/mol. The standard InChI is InChI=1S/C6H6O2.Ru/c7-5-3-1-2-4-6(5)8;/h1-4,7-8H;. The Bertz CT molecular complexity index is 167. The van der Waals surface area contributed by atoms with E-state index in [1.54, 1.807) is 12.1 Å². The van der Waals surface area contributed by atoms with Crippen LogP contribution < -0.4 is 0 Å². The van der Waals surface area contributed by atoms with Crippen molar-refractivity contribution in [3.63, 3.8) is 0 Å². The van der Waals surface area contributed by atoms with Gasteiger partial charge in [-0.3, -0.25) is 0 Å². The summed E-state index contributed by atoms with van der Waals surface area (Å²) >= 11 is 0. The van der Waals surface area contributed by atoms with Crippen LogP contribution in [0.3, 0.4) is 0 Å². The van der Waals surface area contributed by atoms with Crippen LogP contribution in [-0.2, 0) is 19.5 Å². The van der Waals surface area contributed by atoms with Crippen molar-refractivity contribution >= 4 is 0 Å². The SMILES string of the molecule is Oc1ccccc1O.[Ru]. The van der Waals surface area contributed by atoms with Crippen LogP contribution in [0.5, 0.6) is 11.5 Å². The molecule has 1 aromatic rings. The van der Waals surface area contributed by atoms with Gasteiger partial charge < -0.3 is 10.2 Å². The van der Waals surface area contributed by atoms with Gasteiger partial charge in [0.2, 0.25) is 0 Å². The Morgan fingerprint density at radius 1 is 0.889 bits per heavy atom. The maximum absolute atomic E-state index is 8.67. The molecule has 0 radical (unpaired) electrons. The first kappa shape index (κ1) is 8.44. The van der Waals surface area contributed by atoms with Crippen LogP contribution in [0.25, 0.3) is 0 Å². The minimum absolute atomic E-state index is 0. The molecule has 50 valence electrons. The fraction of sp³-hybridized carbons (Fsp3) is 0. The summed E-state index contributed by atoms with van der Waals surface area (Å²) in [5.41, 5.74) is 0. The summed E-state index contributed by atoms with van der Waals surface area (Å²) in [7, 11) is 0. The molecule has 2 nitrogen and oxygen atoms in total. The first-order valence-electron chi connectivity index (χ1n) is 2.27. The first-order valence-corrected chi connectivity index (χ1v) is 2.27. The zero-order valence-electron chi connectivity index (χ0n) is 4.56. The van der Waals surface area contributed by atoms with Crippen LogP contribution in [0.1, 0.15) is 0 Å². The van der Waals surface area contributed by atoms with Crippen molar-refractivity contribution in [1.29, 1.82) is 0 Å². The topological polar surface area (TPSA) is 40.5 Å². The van der Waals surface area contributed by atoms with Crippen molar-refractivity contribution in [1.82, 2.24) is 0 Å². The fourth-order valence-electron chi connectivity index (χ4n) is 0.464. The largest absolute Gasteiger partial charge is 0.504 e. The molecule has 2 N–H and O–H groups in total. The molecule has 1 aromatic carbocycles. The van der Waals surface area contributed by atoms with Gasteiger partial charge >= 0.3 is 0 Å². The Morgan fingerprint density at radius 3 is 1.44 bits per heavy atom. The van der Waals surface area contributed by atoms with E-state index in [0.717, 1.165) is 0 Å². The number of aromatic hydroxyl groups is 2. The number of phenolic OH excluding ortho intramolecular Hbond substituents is 2. The third-order valence-electron chi connectivity index (χ3n) is 0.882. The molecule has 0 spiro atoms. The van der Waals surface area contributed by atoms with Gasteiger partial charge in [0.25, 0.3) is 0 Å². The summed E-state index contributed by atoms with van der Waals surface area (Å²) in [4.78, 5) is 0. The summed E-state index contributed by atoms with van der Waals surface area (Å²) in [5.74, 6) is -0.153. The second-order valence-electron chi connectivity index (χ2n) is 1.49. The number of para-hydroxylation sites is 2. The van der Waals surface area contributed by atoms with E-state index in [1.165, 1.54) is 12.1 Å². The monoisotopic (exact) mass is 212 g/mol. The summed E-state index contributed by atoms with van der Waals surface area (Å²) in [6, 6.07) is 6.15. The van der Waals surface area contributed by atoms with E-state index in [2.05, 4.69) is 0 Å². The molecule has 0 fully saturated rings. The molecule has 0 heterocycles. The molecule has 9 heavy (non-hydrogen) atoms. The summed E-state index contributed by atoms with van der Waals surface area (Å²) in [6.07, 6.45) is 0. The molecule has 1 rings (SSSR count). The van der Waals surface area contributed by atoms with E-state index >= 15 is 0 Å². The van der Waals surface area contributed by atoms with Crippen LogP contribution in [0, 0.1) is 0 Å². The van der Waals surface area contributed by atoms with Crippen LogP contribution in [-0.4, -0.2) is 10.2 Å². The van der Waals surface area contributed by atoms with Crippen molar-refractivity contribution in [3.05, 3.63) is 24.3 Å². The predicted octanol–water partition coefficient (Wildman–Crippen LogP) is 1.10. The van der Waals surface area contributed by atoms with Crippen molar-refractivity contribution in [2.45, 2.75) is 0 Å².